The molecule has 6 heteroatoms. The third kappa shape index (κ3) is 1.63. The van der Waals surface area contributed by atoms with Gasteiger partial charge in [0.15, 0.2) is 5.96 Å². The fourth-order valence-corrected chi connectivity index (χ4v) is 1.73. The Hall–Kier alpha value is -2.37. The molecule has 0 atom stereocenters. The van der Waals surface area contributed by atoms with E-state index in [4.69, 9.17) is 5.73 Å². The Labute approximate surface area is 98.2 Å². The number of rotatable bonds is 1. The van der Waals surface area contributed by atoms with Crippen molar-refractivity contribution < 1.29 is 0 Å². The number of nitrogens with zero attached hydrogens (tertiary/aromatic N) is 4. The molecule has 3 N–H and O–H groups in total. The van der Waals surface area contributed by atoms with Gasteiger partial charge in [-0.25, -0.2) is 15.0 Å². The lowest BCUT2D eigenvalue weighted by Gasteiger charge is -2.14. The molecule has 3 rings (SSSR count). The van der Waals surface area contributed by atoms with Gasteiger partial charge in [0.25, 0.3) is 0 Å². The second-order valence-corrected chi connectivity index (χ2v) is 3.93. The number of aromatic nitrogens is 3. The van der Waals surface area contributed by atoms with Crippen LogP contribution in [-0.2, 0) is 6.54 Å². The van der Waals surface area contributed by atoms with Crippen molar-refractivity contribution in [2.75, 3.05) is 5.32 Å². The number of imidazole rings is 1. The van der Waals surface area contributed by atoms with E-state index in [1.807, 2.05) is 29.8 Å². The maximum atomic E-state index is 5.66. The Morgan fingerprint density at radius 1 is 1.35 bits per heavy atom. The van der Waals surface area contributed by atoms with Gasteiger partial charge in [-0.15, -0.1) is 0 Å². The second-order valence-electron chi connectivity index (χ2n) is 3.93. The first kappa shape index (κ1) is 9.83. The second kappa shape index (κ2) is 3.58. The van der Waals surface area contributed by atoms with Crippen LogP contribution in [0.4, 0.5) is 5.82 Å². The molecule has 2 aromatic rings. The zero-order valence-electron chi connectivity index (χ0n) is 9.38. The van der Waals surface area contributed by atoms with Gasteiger partial charge >= 0.3 is 0 Å². The summed E-state index contributed by atoms with van der Waals surface area (Å²) in [7, 11) is 0. The van der Waals surface area contributed by atoms with Gasteiger partial charge in [-0.05, 0) is 18.6 Å². The first-order valence-electron chi connectivity index (χ1n) is 5.30. The predicted molar refractivity (Wildman–Crippen MR) is 65.0 cm³/mol. The van der Waals surface area contributed by atoms with Crippen molar-refractivity contribution in [2.45, 2.75) is 13.5 Å². The summed E-state index contributed by atoms with van der Waals surface area (Å²) in [6, 6.07) is 3.95. The molecule has 0 saturated carbocycles. The van der Waals surface area contributed by atoms with E-state index < -0.39 is 0 Å². The third-order valence-corrected chi connectivity index (χ3v) is 2.63. The van der Waals surface area contributed by atoms with Crippen LogP contribution in [0.2, 0.25) is 0 Å². The molecule has 3 heterocycles. The summed E-state index contributed by atoms with van der Waals surface area (Å²) < 4.78 is 1.87. The highest BCUT2D eigenvalue weighted by Gasteiger charge is 2.16. The lowest BCUT2D eigenvalue weighted by atomic mass is 10.3. The van der Waals surface area contributed by atoms with Crippen LogP contribution in [-0.4, -0.2) is 20.5 Å². The van der Waals surface area contributed by atoms with Crippen molar-refractivity contribution in [3.05, 3.63) is 35.9 Å². The van der Waals surface area contributed by atoms with Gasteiger partial charge in [0.05, 0.1) is 6.54 Å². The number of hydrogen-bond acceptors (Lipinski definition) is 5. The largest absolute Gasteiger partial charge is 0.370 e. The highest BCUT2D eigenvalue weighted by atomic mass is 15.3. The van der Waals surface area contributed by atoms with E-state index in [2.05, 4.69) is 20.3 Å². The average molecular weight is 228 g/mol. The number of fused-ring (bicyclic) bond motifs is 1. The maximum absolute atomic E-state index is 5.66. The summed E-state index contributed by atoms with van der Waals surface area (Å²) in [5, 5.41) is 3.01. The Morgan fingerprint density at radius 2 is 2.24 bits per heavy atom. The summed E-state index contributed by atoms with van der Waals surface area (Å²) in [6.45, 7) is 2.51. The molecule has 1 aliphatic rings. The normalized spacial score (nSPS) is 13.8. The smallest absolute Gasteiger partial charge is 0.194 e. The van der Waals surface area contributed by atoms with Crippen LogP contribution in [0.15, 0.2) is 29.6 Å². The van der Waals surface area contributed by atoms with E-state index in [0.29, 0.717) is 12.5 Å². The molecule has 2 aromatic heterocycles. The van der Waals surface area contributed by atoms with Crippen LogP contribution in [0.5, 0.6) is 0 Å². The van der Waals surface area contributed by atoms with Crippen molar-refractivity contribution in [3.8, 4) is 5.82 Å². The monoisotopic (exact) mass is 228 g/mol. The minimum Gasteiger partial charge on any atom is -0.370 e. The zero-order chi connectivity index (χ0) is 11.8. The SMILES string of the molecule is Cc1ccc(-n2cnc3c2NC(N)=NC3)nc1. The molecule has 0 amide bonds. The van der Waals surface area contributed by atoms with Gasteiger partial charge in [0.2, 0.25) is 0 Å². The van der Waals surface area contributed by atoms with Gasteiger partial charge in [-0.3, -0.25) is 4.57 Å². The molecule has 0 fully saturated rings. The lowest BCUT2D eigenvalue weighted by Crippen LogP contribution is -2.27. The van der Waals surface area contributed by atoms with Crippen LogP contribution in [0, 0.1) is 6.92 Å². The van der Waals surface area contributed by atoms with E-state index in [9.17, 15) is 0 Å². The summed E-state index contributed by atoms with van der Waals surface area (Å²) in [4.78, 5) is 12.7. The van der Waals surface area contributed by atoms with Crippen LogP contribution in [0.25, 0.3) is 5.82 Å². The molecule has 17 heavy (non-hydrogen) atoms. The molecule has 0 aromatic carbocycles. The maximum Gasteiger partial charge on any atom is 0.194 e. The first-order chi connectivity index (χ1) is 8.24. The predicted octanol–water partition coefficient (Wildman–Crippen LogP) is 0.816. The summed E-state index contributed by atoms with van der Waals surface area (Å²) >= 11 is 0. The molecule has 0 bridgehead atoms. The summed E-state index contributed by atoms with van der Waals surface area (Å²) in [5.41, 5.74) is 7.66. The Kier molecular flexibility index (Phi) is 2.07. The van der Waals surface area contributed by atoms with E-state index in [1.54, 1.807) is 6.33 Å². The number of aliphatic imine (C=N–C) groups is 1. The molecule has 6 nitrogen and oxygen atoms in total. The molecular formula is C11H12N6. The van der Waals surface area contributed by atoms with Crippen molar-refractivity contribution in [1.29, 1.82) is 0 Å². The van der Waals surface area contributed by atoms with Crippen molar-refractivity contribution in [1.82, 2.24) is 14.5 Å². The minimum absolute atomic E-state index is 0.409. The number of guanidine groups is 1. The lowest BCUT2D eigenvalue weighted by molar-refractivity contribution is 0.973. The fraction of sp³-hybridized carbons (Fsp3) is 0.182. The first-order valence-corrected chi connectivity index (χ1v) is 5.30. The van der Waals surface area contributed by atoms with Gasteiger partial charge in [-0.2, -0.15) is 0 Å². The molecule has 1 aliphatic heterocycles. The highest BCUT2D eigenvalue weighted by molar-refractivity contribution is 5.93. The van der Waals surface area contributed by atoms with Crippen LogP contribution >= 0.6 is 0 Å². The average Bonchev–Trinajstić information content (AvgIpc) is 2.73. The highest BCUT2D eigenvalue weighted by Crippen LogP contribution is 2.21. The van der Waals surface area contributed by atoms with Gasteiger partial charge in [0, 0.05) is 6.20 Å². The number of aryl methyl sites for hydroxylation is 1. The standard InChI is InChI=1S/C11H12N6/c1-7-2-3-9(13-4-7)17-6-15-8-5-14-11(12)16-10(8)17/h2-4,6H,5H2,1H3,(H3,12,14,16). The molecule has 0 saturated heterocycles. The van der Waals surface area contributed by atoms with Gasteiger partial charge < -0.3 is 11.1 Å². The fourth-order valence-electron chi connectivity index (χ4n) is 1.73. The number of hydrogen-bond donors (Lipinski definition) is 2. The van der Waals surface area contributed by atoms with E-state index in [1.165, 1.54) is 0 Å². The van der Waals surface area contributed by atoms with Gasteiger partial charge in [0.1, 0.15) is 23.7 Å². The Morgan fingerprint density at radius 3 is 3.00 bits per heavy atom. The quantitative estimate of drug-likeness (QED) is 0.757. The van der Waals surface area contributed by atoms with Crippen molar-refractivity contribution in [3.63, 3.8) is 0 Å². The molecule has 0 radical (unpaired) electrons. The Balaban J connectivity index is 2.06. The number of pyridine rings is 1. The Bertz CT molecular complexity index is 581. The van der Waals surface area contributed by atoms with E-state index in [0.717, 1.165) is 22.9 Å². The van der Waals surface area contributed by atoms with E-state index >= 15 is 0 Å². The zero-order valence-corrected chi connectivity index (χ0v) is 9.38. The van der Waals surface area contributed by atoms with Crippen LogP contribution < -0.4 is 11.1 Å². The van der Waals surface area contributed by atoms with Gasteiger partial charge in [-0.1, -0.05) is 6.07 Å². The van der Waals surface area contributed by atoms with Crippen LogP contribution in [0.3, 0.4) is 0 Å². The topological polar surface area (TPSA) is 81.1 Å². The minimum atomic E-state index is 0.409. The molecule has 0 aliphatic carbocycles. The van der Waals surface area contributed by atoms with Crippen LogP contribution in [0.1, 0.15) is 11.3 Å². The molecule has 0 spiro atoms. The number of anilines is 1. The molecule has 0 unspecified atom stereocenters. The van der Waals surface area contributed by atoms with Crippen molar-refractivity contribution >= 4 is 11.8 Å². The van der Waals surface area contributed by atoms with Crippen molar-refractivity contribution in [2.24, 2.45) is 10.7 Å². The summed E-state index contributed by atoms with van der Waals surface area (Å²) in [5.74, 6) is 2.06. The van der Waals surface area contributed by atoms with E-state index in [-0.39, 0.29) is 0 Å². The number of nitrogens with one attached hydrogen (secondary N) is 1. The molecule has 86 valence electrons. The summed E-state index contributed by atoms with van der Waals surface area (Å²) in [6.07, 6.45) is 3.55. The molecular weight excluding hydrogens is 216 g/mol. The number of nitrogens with two attached hydrogens (primary N) is 1. The third-order valence-electron chi connectivity index (χ3n) is 2.63.